The normalized spacial score (nSPS) is 13.4. The van der Waals surface area contributed by atoms with Crippen LogP contribution in [0.1, 0.15) is 44.7 Å². The van der Waals surface area contributed by atoms with Gasteiger partial charge in [-0.25, -0.2) is 0 Å². The fourth-order valence-corrected chi connectivity index (χ4v) is 2.23. The average Bonchev–Trinajstić information content (AvgIpc) is 2.44. The molecule has 21 heavy (non-hydrogen) atoms. The van der Waals surface area contributed by atoms with Crippen molar-refractivity contribution in [2.75, 3.05) is 6.54 Å². The molecule has 1 amide bonds. The molecule has 0 spiro atoms. The lowest BCUT2D eigenvalue weighted by Crippen LogP contribution is -2.35. The second-order valence-corrected chi connectivity index (χ2v) is 5.13. The first-order valence-corrected chi connectivity index (χ1v) is 7.32. The molecule has 5 nitrogen and oxygen atoms in total. The monoisotopic (exact) mass is 292 g/mol. The van der Waals surface area contributed by atoms with Crippen LogP contribution in [0.15, 0.2) is 30.3 Å². The molecule has 3 N–H and O–H groups in total. The zero-order valence-corrected chi connectivity index (χ0v) is 12.6. The van der Waals surface area contributed by atoms with Gasteiger partial charge in [0.1, 0.15) is 0 Å². The van der Waals surface area contributed by atoms with Crippen molar-refractivity contribution in [3.8, 4) is 0 Å². The molecular formula is C16H24N2O3. The zero-order valence-electron chi connectivity index (χ0n) is 12.6. The van der Waals surface area contributed by atoms with E-state index in [0.29, 0.717) is 12.8 Å². The highest BCUT2D eigenvalue weighted by atomic mass is 16.4. The van der Waals surface area contributed by atoms with Gasteiger partial charge in [-0.2, -0.15) is 0 Å². The number of carboxylic acid groups (broad SMARTS) is 1. The van der Waals surface area contributed by atoms with E-state index in [-0.39, 0.29) is 24.4 Å². The first-order chi connectivity index (χ1) is 10.0. The molecule has 116 valence electrons. The molecule has 1 aromatic rings. The van der Waals surface area contributed by atoms with Crippen LogP contribution < -0.4 is 10.6 Å². The number of benzene rings is 1. The largest absolute Gasteiger partial charge is 0.481 e. The smallest absolute Gasteiger partial charge is 0.303 e. The van der Waals surface area contributed by atoms with E-state index in [1.807, 2.05) is 44.2 Å². The van der Waals surface area contributed by atoms with Gasteiger partial charge in [-0.3, -0.25) is 9.59 Å². The molecule has 0 saturated carbocycles. The Morgan fingerprint density at radius 1 is 1.24 bits per heavy atom. The van der Waals surface area contributed by atoms with Crippen LogP contribution in [0.25, 0.3) is 0 Å². The minimum absolute atomic E-state index is 0.0304. The SMILES string of the molecule is CCNC(C)CC(=O)NC(CCC(=O)O)c1ccccc1. The molecule has 5 heteroatoms. The Bertz CT molecular complexity index is 448. The van der Waals surface area contributed by atoms with Crippen molar-refractivity contribution in [2.24, 2.45) is 0 Å². The van der Waals surface area contributed by atoms with Gasteiger partial charge in [0.15, 0.2) is 0 Å². The Labute approximate surface area is 125 Å². The number of carbonyl (C=O) groups is 2. The summed E-state index contributed by atoms with van der Waals surface area (Å²) in [4.78, 5) is 22.8. The van der Waals surface area contributed by atoms with Crippen LogP contribution in [0.2, 0.25) is 0 Å². The Morgan fingerprint density at radius 3 is 2.48 bits per heavy atom. The lowest BCUT2D eigenvalue weighted by molar-refractivity contribution is -0.137. The van der Waals surface area contributed by atoms with Gasteiger partial charge in [0, 0.05) is 18.9 Å². The van der Waals surface area contributed by atoms with Gasteiger partial charge in [0.25, 0.3) is 0 Å². The van der Waals surface area contributed by atoms with Crippen LogP contribution in [0.4, 0.5) is 0 Å². The van der Waals surface area contributed by atoms with Crippen LogP contribution in [0.5, 0.6) is 0 Å². The third-order valence-corrected chi connectivity index (χ3v) is 3.23. The van der Waals surface area contributed by atoms with E-state index in [2.05, 4.69) is 10.6 Å². The molecule has 0 aliphatic rings. The first-order valence-electron chi connectivity index (χ1n) is 7.32. The van der Waals surface area contributed by atoms with Crippen molar-refractivity contribution >= 4 is 11.9 Å². The van der Waals surface area contributed by atoms with E-state index >= 15 is 0 Å². The number of nitrogens with one attached hydrogen (secondary N) is 2. The lowest BCUT2D eigenvalue weighted by atomic mass is 10.0. The Hall–Kier alpha value is -1.88. The number of amides is 1. The first kappa shape index (κ1) is 17.2. The van der Waals surface area contributed by atoms with Gasteiger partial charge in [-0.1, -0.05) is 37.3 Å². The standard InChI is InChI=1S/C16H24N2O3/c1-3-17-12(2)11-15(19)18-14(9-10-16(20)21)13-7-5-4-6-8-13/h4-8,12,14,17H,3,9-11H2,1-2H3,(H,18,19)(H,20,21). The molecule has 0 heterocycles. The molecule has 0 aliphatic heterocycles. The maximum Gasteiger partial charge on any atom is 0.303 e. The minimum atomic E-state index is -0.855. The number of carbonyl (C=O) groups excluding carboxylic acids is 1. The van der Waals surface area contributed by atoms with Crippen LogP contribution in [-0.4, -0.2) is 29.6 Å². The molecule has 2 atom stereocenters. The van der Waals surface area contributed by atoms with Crippen LogP contribution in [0, 0.1) is 0 Å². The second kappa shape index (κ2) is 9.13. The summed E-state index contributed by atoms with van der Waals surface area (Å²) in [6.45, 7) is 4.77. The molecule has 0 aliphatic carbocycles. The minimum Gasteiger partial charge on any atom is -0.481 e. The van der Waals surface area contributed by atoms with Crippen molar-refractivity contribution in [3.05, 3.63) is 35.9 Å². The topological polar surface area (TPSA) is 78.4 Å². The zero-order chi connectivity index (χ0) is 15.7. The average molecular weight is 292 g/mol. The highest BCUT2D eigenvalue weighted by Gasteiger charge is 2.17. The highest BCUT2D eigenvalue weighted by molar-refractivity contribution is 5.77. The van der Waals surface area contributed by atoms with Crippen molar-refractivity contribution < 1.29 is 14.7 Å². The third-order valence-electron chi connectivity index (χ3n) is 3.23. The third kappa shape index (κ3) is 6.90. The molecule has 0 radical (unpaired) electrons. The summed E-state index contributed by atoms with van der Waals surface area (Å²) < 4.78 is 0. The van der Waals surface area contributed by atoms with Crippen LogP contribution in [0.3, 0.4) is 0 Å². The van der Waals surface area contributed by atoms with E-state index in [1.165, 1.54) is 0 Å². The molecule has 0 fully saturated rings. The Balaban J connectivity index is 2.64. The van der Waals surface area contributed by atoms with Gasteiger partial charge in [0.2, 0.25) is 5.91 Å². The molecule has 0 aromatic heterocycles. The van der Waals surface area contributed by atoms with E-state index in [4.69, 9.17) is 5.11 Å². The predicted molar refractivity (Wildman–Crippen MR) is 82.0 cm³/mol. The number of aliphatic carboxylic acids is 1. The number of hydrogen-bond donors (Lipinski definition) is 3. The van der Waals surface area contributed by atoms with Gasteiger partial charge in [-0.15, -0.1) is 0 Å². The molecule has 0 bridgehead atoms. The van der Waals surface area contributed by atoms with Gasteiger partial charge in [-0.05, 0) is 25.5 Å². The van der Waals surface area contributed by atoms with Gasteiger partial charge >= 0.3 is 5.97 Å². The van der Waals surface area contributed by atoms with Crippen molar-refractivity contribution in [1.29, 1.82) is 0 Å². The van der Waals surface area contributed by atoms with Crippen molar-refractivity contribution in [3.63, 3.8) is 0 Å². The number of hydrogen-bond acceptors (Lipinski definition) is 3. The predicted octanol–water partition coefficient (Wildman–Crippen LogP) is 2.10. The summed E-state index contributed by atoms with van der Waals surface area (Å²) in [6, 6.07) is 9.32. The summed E-state index contributed by atoms with van der Waals surface area (Å²) in [7, 11) is 0. The molecular weight excluding hydrogens is 268 g/mol. The van der Waals surface area contributed by atoms with E-state index in [0.717, 1.165) is 12.1 Å². The van der Waals surface area contributed by atoms with Crippen LogP contribution in [-0.2, 0) is 9.59 Å². The fraction of sp³-hybridized carbons (Fsp3) is 0.500. The van der Waals surface area contributed by atoms with Crippen molar-refractivity contribution in [2.45, 2.75) is 45.2 Å². The Morgan fingerprint density at radius 2 is 1.90 bits per heavy atom. The number of rotatable bonds is 9. The lowest BCUT2D eigenvalue weighted by Gasteiger charge is -2.20. The van der Waals surface area contributed by atoms with E-state index < -0.39 is 5.97 Å². The van der Waals surface area contributed by atoms with E-state index in [9.17, 15) is 9.59 Å². The van der Waals surface area contributed by atoms with Gasteiger partial charge < -0.3 is 15.7 Å². The summed E-state index contributed by atoms with van der Waals surface area (Å²) in [5.74, 6) is -0.922. The highest BCUT2D eigenvalue weighted by Crippen LogP contribution is 2.18. The molecule has 1 aromatic carbocycles. The van der Waals surface area contributed by atoms with E-state index in [1.54, 1.807) is 0 Å². The summed E-state index contributed by atoms with van der Waals surface area (Å²) in [5, 5.41) is 15.0. The number of carboxylic acids is 1. The second-order valence-electron chi connectivity index (χ2n) is 5.13. The summed E-state index contributed by atoms with van der Waals surface area (Å²) in [6.07, 6.45) is 0.799. The van der Waals surface area contributed by atoms with Crippen LogP contribution >= 0.6 is 0 Å². The maximum absolute atomic E-state index is 12.1. The Kier molecular flexibility index (Phi) is 7.46. The maximum atomic E-state index is 12.1. The molecule has 2 unspecified atom stereocenters. The summed E-state index contributed by atoms with van der Waals surface area (Å²) >= 11 is 0. The molecule has 1 rings (SSSR count). The van der Waals surface area contributed by atoms with Gasteiger partial charge in [0.05, 0.1) is 6.04 Å². The fourth-order valence-electron chi connectivity index (χ4n) is 2.23. The van der Waals surface area contributed by atoms with Crippen molar-refractivity contribution in [1.82, 2.24) is 10.6 Å². The quantitative estimate of drug-likeness (QED) is 0.651. The molecule has 0 saturated heterocycles. The summed E-state index contributed by atoms with van der Waals surface area (Å²) in [5.41, 5.74) is 0.934.